The highest BCUT2D eigenvalue weighted by Crippen LogP contribution is 2.47. The Labute approximate surface area is 828 Å². The predicted molar refractivity (Wildman–Crippen MR) is 491 cm³/mol. The van der Waals surface area contributed by atoms with E-state index in [4.69, 9.17) is 9.47 Å². The van der Waals surface area contributed by atoms with Crippen LogP contribution in [0.1, 0.15) is 161 Å². The van der Waals surface area contributed by atoms with E-state index in [0.717, 1.165) is 124 Å². The molecule has 14 aromatic carbocycles. The van der Waals surface area contributed by atoms with Crippen molar-refractivity contribution in [2.75, 3.05) is 13.2 Å². The lowest BCUT2D eigenvalue weighted by Crippen LogP contribution is -2.25. The molecule has 4 atom stereocenters. The first-order valence-corrected chi connectivity index (χ1v) is 46.2. The van der Waals surface area contributed by atoms with Gasteiger partial charge in [0.2, 0.25) is 0 Å². The highest BCUT2D eigenvalue weighted by atomic mass is 19.3. The third kappa shape index (κ3) is 27.0. The van der Waals surface area contributed by atoms with E-state index < -0.39 is 198 Å². The van der Waals surface area contributed by atoms with E-state index in [9.17, 15) is 132 Å². The third-order valence-electron chi connectivity index (χ3n) is 24.4. The molecule has 2 aliphatic heterocycles. The maximum absolute atomic E-state index is 15.0. The lowest BCUT2D eigenvalue weighted by molar-refractivity contribution is -0.190. The zero-order valence-corrected chi connectivity index (χ0v) is 78.4. The van der Waals surface area contributed by atoms with Crippen LogP contribution in [-0.4, -0.2) is 13.2 Å². The lowest BCUT2D eigenvalue weighted by atomic mass is 9.91. The van der Waals surface area contributed by atoms with E-state index >= 15 is 0 Å². The van der Waals surface area contributed by atoms with Crippen molar-refractivity contribution < 1.29 is 160 Å². The zero-order valence-electron chi connectivity index (χ0n) is 78.4. The Morgan fingerprint density at radius 2 is 0.480 bits per heavy atom. The summed E-state index contributed by atoms with van der Waals surface area (Å²) in [4.78, 5) is 0. The number of ether oxygens (including phenoxy) is 6. The van der Waals surface area contributed by atoms with Crippen LogP contribution in [0.25, 0.3) is 66.8 Å². The molecule has 6 nitrogen and oxygen atoms in total. The van der Waals surface area contributed by atoms with Crippen molar-refractivity contribution in [2.24, 2.45) is 11.8 Å². The van der Waals surface area contributed by atoms with Crippen molar-refractivity contribution in [2.45, 2.75) is 154 Å². The van der Waals surface area contributed by atoms with Crippen LogP contribution >= 0.6 is 0 Å². The van der Waals surface area contributed by atoms with Crippen LogP contribution in [0.15, 0.2) is 231 Å². The molecule has 0 radical (unpaired) electrons. The summed E-state index contributed by atoms with van der Waals surface area (Å²) in [7, 11) is 0. The molecular weight excluding hydrogens is 2010 g/mol. The number of aryl methyl sites for hydroxylation is 2. The van der Waals surface area contributed by atoms with Gasteiger partial charge in [-0.15, -0.1) is 0 Å². The zero-order chi connectivity index (χ0) is 107. The Hall–Kier alpha value is -13.9. The first-order valence-electron chi connectivity index (χ1n) is 46.2. The average Bonchev–Trinajstić information content (AvgIpc) is 0.780. The van der Waals surface area contributed by atoms with E-state index in [0.29, 0.717) is 101 Å². The predicted octanol–water partition coefficient (Wildman–Crippen LogP) is 35.5. The molecule has 780 valence electrons. The van der Waals surface area contributed by atoms with E-state index in [1.165, 1.54) is 30.3 Å². The molecule has 0 spiro atoms. The van der Waals surface area contributed by atoms with Crippen molar-refractivity contribution in [1.29, 1.82) is 0 Å². The smallest absolute Gasteiger partial charge is 0.429 e. The molecule has 4 unspecified atom stereocenters. The van der Waals surface area contributed by atoms with Gasteiger partial charge in [-0.25, -0.2) is 96.6 Å². The minimum atomic E-state index is -4.74. The molecule has 0 aliphatic carbocycles. The van der Waals surface area contributed by atoms with Gasteiger partial charge < -0.3 is 28.4 Å². The molecule has 0 bridgehead atoms. The Morgan fingerprint density at radius 1 is 0.236 bits per heavy atom. The topological polar surface area (TPSA) is 55.4 Å². The van der Waals surface area contributed by atoms with Crippen molar-refractivity contribution in [3.05, 3.63) is 403 Å². The van der Waals surface area contributed by atoms with E-state index in [-0.39, 0.29) is 94.1 Å². The van der Waals surface area contributed by atoms with Gasteiger partial charge in [0.15, 0.2) is 69.8 Å². The maximum atomic E-state index is 15.0. The van der Waals surface area contributed by atoms with Gasteiger partial charge in [0.25, 0.3) is 0 Å². The van der Waals surface area contributed by atoms with Gasteiger partial charge in [-0.3, -0.25) is 0 Å². The van der Waals surface area contributed by atoms with Gasteiger partial charge in [-0.1, -0.05) is 181 Å². The van der Waals surface area contributed by atoms with Crippen molar-refractivity contribution in [1.82, 2.24) is 0 Å². The summed E-state index contributed by atoms with van der Waals surface area (Å²) in [6.45, 7) is 9.77. The summed E-state index contributed by atoms with van der Waals surface area (Å²) in [5.74, 6) is -41.1. The Kier molecular flexibility index (Phi) is 36.1. The third-order valence-corrected chi connectivity index (χ3v) is 24.4. The van der Waals surface area contributed by atoms with Crippen LogP contribution in [0, 0.1) is 140 Å². The van der Waals surface area contributed by atoms with Crippen LogP contribution < -0.4 is 18.9 Å². The lowest BCUT2D eigenvalue weighted by Gasteiger charge is -2.29. The molecule has 148 heavy (non-hydrogen) atoms. The van der Waals surface area contributed by atoms with E-state index in [1.54, 1.807) is 48.5 Å². The molecule has 0 amide bonds. The van der Waals surface area contributed by atoms with Gasteiger partial charge in [0, 0.05) is 59.7 Å². The highest BCUT2D eigenvalue weighted by Gasteiger charge is 2.47. The second kappa shape index (κ2) is 47.9. The molecule has 16 rings (SSSR count). The number of alkyl halides is 8. The average molecular weight is 2100 g/mol. The SMILES string of the molecule is CCC1CCC(c2ccc(-c3cc(F)c(C(F)(F)Oc4cc(F)c(F)c(F)c4)c(F)c3)cc2)OC1.CCCC1CCC(c2ccc(-c3cc(F)c(C(F)(F)Oc4cc(F)c(F)c(F)c4)c(F)c3)cc2)OC1.CCCCCc1ccc(-c2ccc(-c3cc(F)c(C(F)(F)Oc4cc(F)c(F)c(F)c4)c(F)c3)c(F)c2)cc1.CCCCc1ccc(-c2ccc(-c3cc(F)c(C(F)(F)Oc4cc(F)c(F)c(F)c4)c(F)c3)c(F)c2)cc1. The number of halogens is 30. The molecule has 0 aromatic heterocycles. The summed E-state index contributed by atoms with van der Waals surface area (Å²) in [5, 5.41) is 0. The number of rotatable bonds is 30. The Bertz CT molecular complexity index is 6850. The quantitative estimate of drug-likeness (QED) is 0.0254. The van der Waals surface area contributed by atoms with Gasteiger partial charge in [-0.05, 0) is 208 Å². The fourth-order valence-corrected chi connectivity index (χ4v) is 16.6. The monoisotopic (exact) mass is 2100 g/mol. The number of hydrogen-bond acceptors (Lipinski definition) is 6. The summed E-state index contributed by atoms with van der Waals surface area (Å²) >= 11 is 0. The fraction of sp³-hybridized carbons (Fsp3) is 0.250. The summed E-state index contributed by atoms with van der Waals surface area (Å²) in [6, 6.07) is 42.3. The Balaban J connectivity index is 0.000000165. The first-order chi connectivity index (χ1) is 70.2. The van der Waals surface area contributed by atoms with Gasteiger partial charge in [0.05, 0.1) is 25.4 Å². The summed E-state index contributed by atoms with van der Waals surface area (Å²) in [6.07, 6.45) is -4.66. The molecule has 36 heteroatoms. The standard InChI is InChI=1S/C30H22F8O.C29H20F8O.C27H23F7O2.C26H21F7O2/c1-2-3-4-5-17-6-8-18(9-7-17)19-10-11-22(23(31)12-19)20-13-24(32)28(25(33)14-20)30(37,38)39-21-15-26(34)29(36)27(35)16-21;1-2-3-4-16-5-7-17(8-6-16)18-9-10-21(22(30)11-18)19-12-23(31)27(24(32)13-19)29(36,37)38-20-14-25(33)28(35)26(34)15-20;1-2-3-15-4-9-24(35-14-15)17-7-5-16(6-8-17)18-10-20(28)25(21(29)11-18)27(33,34)36-19-12-22(30)26(32)23(31)13-19;1-2-14-3-8-23(34-13-14)16-6-4-15(5-7-16)17-9-19(27)24(20(28)10-17)26(32,33)35-18-11-21(29)25(31)22(30)12-18/h6-16H,2-5H2,1H3;5-15H,2-4H2,1H3;5-8,10-13,15,24H,2-4,9,14H2,1H3;4-7,9-12,14,23H,2-3,8,13H2,1H3. The fourth-order valence-electron chi connectivity index (χ4n) is 16.6. The van der Waals surface area contributed by atoms with Crippen molar-refractivity contribution in [3.63, 3.8) is 0 Å². The van der Waals surface area contributed by atoms with Gasteiger partial charge >= 0.3 is 24.4 Å². The minimum Gasteiger partial charge on any atom is -0.429 e. The normalized spacial score (nSPS) is 14.9. The van der Waals surface area contributed by atoms with E-state index in [1.807, 2.05) is 48.5 Å². The van der Waals surface area contributed by atoms with Crippen LogP contribution in [0.3, 0.4) is 0 Å². The largest absolute Gasteiger partial charge is 0.432 e. The number of unbranched alkanes of at least 4 members (excludes halogenated alkanes) is 3. The van der Waals surface area contributed by atoms with Crippen molar-refractivity contribution in [3.8, 4) is 89.8 Å². The molecule has 0 N–H and O–H groups in total. The second-order valence-electron chi connectivity index (χ2n) is 34.9. The van der Waals surface area contributed by atoms with Crippen LogP contribution in [0.5, 0.6) is 23.0 Å². The molecule has 2 aliphatic rings. The molecule has 2 heterocycles. The van der Waals surface area contributed by atoms with Gasteiger partial charge in [0.1, 0.15) is 103 Å². The molecule has 2 fully saturated rings. The minimum absolute atomic E-state index is 0.000538. The van der Waals surface area contributed by atoms with Crippen LogP contribution in [0.4, 0.5) is 132 Å². The first kappa shape index (κ1) is 111. The molecule has 14 aromatic rings. The van der Waals surface area contributed by atoms with Crippen LogP contribution in [0.2, 0.25) is 0 Å². The number of benzene rings is 14. The number of hydrogen-bond donors (Lipinski definition) is 0. The van der Waals surface area contributed by atoms with Gasteiger partial charge in [-0.2, -0.15) is 35.1 Å². The molecule has 2 saturated heterocycles. The summed E-state index contributed by atoms with van der Waals surface area (Å²) in [5.41, 5.74) is -1.14. The Morgan fingerprint density at radius 3 is 0.730 bits per heavy atom. The molecular formula is C112H86F30O6. The summed E-state index contributed by atoms with van der Waals surface area (Å²) < 4.78 is 451. The molecule has 0 saturated carbocycles. The van der Waals surface area contributed by atoms with Crippen molar-refractivity contribution >= 4 is 0 Å². The van der Waals surface area contributed by atoms with Crippen LogP contribution in [-0.2, 0) is 46.7 Å². The van der Waals surface area contributed by atoms with E-state index in [2.05, 4.69) is 46.6 Å². The maximum Gasteiger partial charge on any atom is 0.432 e. The second-order valence-corrected chi connectivity index (χ2v) is 34.9. The highest BCUT2D eigenvalue weighted by molar-refractivity contribution is 5.74.